The van der Waals surface area contributed by atoms with Crippen LogP contribution in [0.25, 0.3) is 0 Å². The molecule has 0 atom stereocenters. The van der Waals surface area contributed by atoms with E-state index >= 15 is 0 Å². The molecule has 0 aromatic carbocycles. The van der Waals surface area contributed by atoms with Gasteiger partial charge in [-0.15, -0.1) is 0 Å². The molecule has 1 nitrogen and oxygen atoms in total. The first-order chi connectivity index (χ1) is 6.24. The second-order valence-electron chi connectivity index (χ2n) is 2.88. The third-order valence-corrected chi connectivity index (χ3v) is 1.70. The minimum absolute atomic E-state index is 0.133. The zero-order valence-corrected chi connectivity index (χ0v) is 8.46. The van der Waals surface area contributed by atoms with Crippen LogP contribution in [-0.2, 0) is 0 Å². The Bertz CT molecular complexity index is 232. The number of aliphatic hydroxyl groups excluding tert-OH is 1. The highest BCUT2D eigenvalue weighted by Gasteiger charge is 1.88. The van der Waals surface area contributed by atoms with E-state index in [1.807, 2.05) is 44.2 Å². The number of hydrogen-bond donors (Lipinski definition) is 1. The van der Waals surface area contributed by atoms with Gasteiger partial charge in [-0.25, -0.2) is 0 Å². The van der Waals surface area contributed by atoms with Crippen molar-refractivity contribution >= 4 is 0 Å². The summed E-state index contributed by atoms with van der Waals surface area (Å²) >= 11 is 0. The van der Waals surface area contributed by atoms with Crippen molar-refractivity contribution in [3.63, 3.8) is 0 Å². The summed E-state index contributed by atoms with van der Waals surface area (Å²) in [6.07, 6.45) is 10.7. The average Bonchev–Trinajstić information content (AvgIpc) is 2.17. The van der Waals surface area contributed by atoms with Gasteiger partial charge in [0, 0.05) is 0 Å². The third-order valence-electron chi connectivity index (χ3n) is 1.70. The fourth-order valence-corrected chi connectivity index (χ4v) is 0.796. The minimum atomic E-state index is 0.133. The molecule has 0 radical (unpaired) electrons. The van der Waals surface area contributed by atoms with E-state index in [9.17, 15) is 0 Å². The van der Waals surface area contributed by atoms with Crippen molar-refractivity contribution in [2.75, 3.05) is 6.61 Å². The van der Waals surface area contributed by atoms with E-state index in [1.54, 1.807) is 0 Å². The van der Waals surface area contributed by atoms with Crippen LogP contribution in [0.5, 0.6) is 0 Å². The van der Waals surface area contributed by atoms with Gasteiger partial charge >= 0.3 is 0 Å². The molecule has 0 aromatic heterocycles. The average molecular weight is 178 g/mol. The van der Waals surface area contributed by atoms with E-state index in [0.29, 0.717) is 0 Å². The zero-order valence-electron chi connectivity index (χ0n) is 8.46. The van der Waals surface area contributed by atoms with Crippen molar-refractivity contribution in [3.05, 3.63) is 48.1 Å². The van der Waals surface area contributed by atoms with Gasteiger partial charge in [-0.1, -0.05) is 42.5 Å². The molecule has 0 heterocycles. The summed E-state index contributed by atoms with van der Waals surface area (Å²) in [7, 11) is 0. The van der Waals surface area contributed by atoms with Crippen molar-refractivity contribution in [3.8, 4) is 0 Å². The molecule has 0 aromatic rings. The molecule has 0 unspecified atom stereocenters. The molecule has 0 spiro atoms. The third kappa shape index (κ3) is 6.12. The molecule has 0 aliphatic carbocycles. The first kappa shape index (κ1) is 11.9. The van der Waals surface area contributed by atoms with E-state index in [0.717, 1.165) is 17.6 Å². The van der Waals surface area contributed by atoms with Crippen LogP contribution < -0.4 is 0 Å². The Morgan fingerprint density at radius 3 is 2.62 bits per heavy atom. The van der Waals surface area contributed by atoms with Crippen molar-refractivity contribution in [2.45, 2.75) is 20.3 Å². The summed E-state index contributed by atoms with van der Waals surface area (Å²) in [6, 6.07) is 0. The predicted molar refractivity (Wildman–Crippen MR) is 58.6 cm³/mol. The largest absolute Gasteiger partial charge is 0.392 e. The normalized spacial score (nSPS) is 13.8. The maximum absolute atomic E-state index is 8.77. The lowest BCUT2D eigenvalue weighted by atomic mass is 10.1. The molecule has 13 heavy (non-hydrogen) atoms. The van der Waals surface area contributed by atoms with E-state index in [4.69, 9.17) is 5.11 Å². The van der Waals surface area contributed by atoms with Crippen LogP contribution >= 0.6 is 0 Å². The van der Waals surface area contributed by atoms with Crippen LogP contribution in [0.4, 0.5) is 0 Å². The SMILES string of the molecule is C=C/C(=C\C=C/C)C/C=C(\C)CO. The molecule has 0 saturated heterocycles. The fraction of sp³-hybridized carbons (Fsp3) is 0.333. The summed E-state index contributed by atoms with van der Waals surface area (Å²) in [5.41, 5.74) is 2.15. The second-order valence-corrected chi connectivity index (χ2v) is 2.88. The summed E-state index contributed by atoms with van der Waals surface area (Å²) in [4.78, 5) is 0. The summed E-state index contributed by atoms with van der Waals surface area (Å²) < 4.78 is 0. The molecular weight excluding hydrogens is 160 g/mol. The Hall–Kier alpha value is -1.08. The number of hydrogen-bond acceptors (Lipinski definition) is 1. The smallest absolute Gasteiger partial charge is 0.0639 e. The van der Waals surface area contributed by atoms with E-state index in [1.165, 1.54) is 0 Å². The highest BCUT2D eigenvalue weighted by atomic mass is 16.3. The molecule has 0 rings (SSSR count). The monoisotopic (exact) mass is 178 g/mol. The molecule has 1 heteroatoms. The Morgan fingerprint density at radius 1 is 1.46 bits per heavy atom. The number of aliphatic hydroxyl groups is 1. The summed E-state index contributed by atoms with van der Waals surface area (Å²) in [6.45, 7) is 7.75. The Kier molecular flexibility index (Phi) is 6.93. The quantitative estimate of drug-likeness (QED) is 0.507. The lowest BCUT2D eigenvalue weighted by Gasteiger charge is -1.97. The maximum Gasteiger partial charge on any atom is 0.0639 e. The van der Waals surface area contributed by atoms with Gasteiger partial charge in [0.15, 0.2) is 0 Å². The molecule has 0 aliphatic rings. The van der Waals surface area contributed by atoms with Crippen LogP contribution in [-0.4, -0.2) is 11.7 Å². The second kappa shape index (κ2) is 7.56. The number of rotatable bonds is 5. The van der Waals surface area contributed by atoms with E-state index in [-0.39, 0.29) is 6.61 Å². The molecule has 0 fully saturated rings. The lowest BCUT2D eigenvalue weighted by molar-refractivity contribution is 0.331. The Balaban J connectivity index is 4.22. The Labute approximate surface area is 80.8 Å². The molecule has 1 N–H and O–H groups in total. The van der Waals surface area contributed by atoms with Gasteiger partial charge in [-0.05, 0) is 25.8 Å². The first-order valence-electron chi connectivity index (χ1n) is 4.45. The molecule has 0 saturated carbocycles. The molecule has 72 valence electrons. The van der Waals surface area contributed by atoms with Gasteiger partial charge in [0.25, 0.3) is 0 Å². The van der Waals surface area contributed by atoms with Gasteiger partial charge in [-0.3, -0.25) is 0 Å². The van der Waals surface area contributed by atoms with Crippen molar-refractivity contribution in [1.82, 2.24) is 0 Å². The number of allylic oxidation sites excluding steroid dienone is 6. The van der Waals surface area contributed by atoms with E-state index in [2.05, 4.69) is 6.58 Å². The zero-order chi connectivity index (χ0) is 10.1. The molecular formula is C12H18O. The molecule has 0 amide bonds. The van der Waals surface area contributed by atoms with Gasteiger partial charge < -0.3 is 5.11 Å². The van der Waals surface area contributed by atoms with Crippen molar-refractivity contribution < 1.29 is 5.11 Å². The van der Waals surface area contributed by atoms with Gasteiger partial charge in [0.1, 0.15) is 0 Å². The minimum Gasteiger partial charge on any atom is -0.392 e. The molecule has 0 bridgehead atoms. The fourth-order valence-electron chi connectivity index (χ4n) is 0.796. The van der Waals surface area contributed by atoms with Crippen LogP contribution in [0, 0.1) is 0 Å². The Morgan fingerprint density at radius 2 is 2.15 bits per heavy atom. The van der Waals surface area contributed by atoms with Crippen LogP contribution in [0.1, 0.15) is 20.3 Å². The van der Waals surface area contributed by atoms with Crippen LogP contribution in [0.2, 0.25) is 0 Å². The maximum atomic E-state index is 8.77. The van der Waals surface area contributed by atoms with Crippen LogP contribution in [0.3, 0.4) is 0 Å². The predicted octanol–water partition coefficient (Wildman–Crippen LogP) is 3.00. The summed E-state index contributed by atoms with van der Waals surface area (Å²) in [5, 5.41) is 8.77. The highest BCUT2D eigenvalue weighted by Crippen LogP contribution is 2.06. The topological polar surface area (TPSA) is 20.2 Å². The van der Waals surface area contributed by atoms with Crippen molar-refractivity contribution in [1.29, 1.82) is 0 Å². The van der Waals surface area contributed by atoms with Gasteiger partial charge in [0.05, 0.1) is 6.61 Å². The van der Waals surface area contributed by atoms with Crippen molar-refractivity contribution in [2.24, 2.45) is 0 Å². The van der Waals surface area contributed by atoms with Gasteiger partial charge in [0.2, 0.25) is 0 Å². The van der Waals surface area contributed by atoms with Crippen LogP contribution in [0.15, 0.2) is 48.1 Å². The highest BCUT2D eigenvalue weighted by molar-refractivity contribution is 5.25. The van der Waals surface area contributed by atoms with Gasteiger partial charge in [-0.2, -0.15) is 0 Å². The standard InChI is InChI=1S/C12H18O/c1-4-6-7-12(5-2)9-8-11(3)10-13/h4-8,13H,2,9-10H2,1,3H3/b6-4-,11-8+,12-7+. The molecule has 0 aliphatic heterocycles. The summed E-state index contributed by atoms with van der Waals surface area (Å²) in [5.74, 6) is 0. The first-order valence-corrected chi connectivity index (χ1v) is 4.45. The lowest BCUT2D eigenvalue weighted by Crippen LogP contribution is -1.84. The van der Waals surface area contributed by atoms with E-state index < -0.39 is 0 Å².